The molecule has 0 bridgehead atoms. The van der Waals surface area contributed by atoms with E-state index in [2.05, 4.69) is 5.32 Å². The van der Waals surface area contributed by atoms with Gasteiger partial charge in [0.25, 0.3) is 0 Å². The molecular formula is C5H14N2O. The molecule has 3 heteroatoms. The fraction of sp³-hybridized carbons (Fsp3) is 1.00. The van der Waals surface area contributed by atoms with E-state index >= 15 is 0 Å². The summed E-state index contributed by atoms with van der Waals surface area (Å²) >= 11 is 0. The molecule has 0 saturated heterocycles. The minimum absolute atomic E-state index is 0.208. The van der Waals surface area contributed by atoms with Gasteiger partial charge in [0.05, 0.1) is 20.6 Å². The minimum Gasteiger partial charge on any atom is -0.633 e. The van der Waals surface area contributed by atoms with Crippen molar-refractivity contribution in [2.45, 2.75) is 0 Å². The second kappa shape index (κ2) is 3.02. The van der Waals surface area contributed by atoms with Gasteiger partial charge in [0, 0.05) is 6.54 Å². The summed E-state index contributed by atoms with van der Waals surface area (Å²) in [6.07, 6.45) is 0. The predicted molar refractivity (Wildman–Crippen MR) is 34.3 cm³/mol. The van der Waals surface area contributed by atoms with Crippen LogP contribution >= 0.6 is 0 Å². The second-order valence-electron chi connectivity index (χ2n) is 2.40. The van der Waals surface area contributed by atoms with Gasteiger partial charge in [-0.1, -0.05) is 0 Å². The van der Waals surface area contributed by atoms with Crippen molar-refractivity contribution in [1.29, 1.82) is 0 Å². The van der Waals surface area contributed by atoms with E-state index in [0.717, 1.165) is 6.54 Å². The van der Waals surface area contributed by atoms with E-state index in [1.165, 1.54) is 0 Å². The summed E-state index contributed by atoms with van der Waals surface area (Å²) in [4.78, 5) is 0. The van der Waals surface area contributed by atoms with Crippen molar-refractivity contribution < 1.29 is 4.65 Å². The Morgan fingerprint density at radius 2 is 2.00 bits per heavy atom. The number of quaternary nitrogens is 1. The maximum Gasteiger partial charge on any atom is 0.0906 e. The van der Waals surface area contributed by atoms with E-state index in [1.807, 2.05) is 7.05 Å². The highest BCUT2D eigenvalue weighted by molar-refractivity contribution is 4.35. The third-order valence-corrected chi connectivity index (χ3v) is 0.900. The third-order valence-electron chi connectivity index (χ3n) is 0.900. The van der Waals surface area contributed by atoms with Gasteiger partial charge in [0.15, 0.2) is 0 Å². The van der Waals surface area contributed by atoms with Crippen LogP contribution in [0.5, 0.6) is 0 Å². The smallest absolute Gasteiger partial charge is 0.0906 e. The van der Waals surface area contributed by atoms with Crippen LogP contribution in [-0.4, -0.2) is 38.9 Å². The summed E-state index contributed by atoms with van der Waals surface area (Å²) in [5.74, 6) is 0. The lowest BCUT2D eigenvalue weighted by Gasteiger charge is -2.33. The van der Waals surface area contributed by atoms with Crippen LogP contribution in [0.2, 0.25) is 0 Å². The van der Waals surface area contributed by atoms with Crippen molar-refractivity contribution in [3.05, 3.63) is 5.21 Å². The molecule has 50 valence electrons. The number of rotatable bonds is 3. The fourth-order valence-corrected chi connectivity index (χ4v) is 0.381. The molecule has 0 aromatic heterocycles. The van der Waals surface area contributed by atoms with Crippen LogP contribution < -0.4 is 5.32 Å². The molecular weight excluding hydrogens is 104 g/mol. The molecule has 0 radical (unpaired) electrons. The number of likely N-dealkylation sites (N-methyl/N-ethyl adjacent to an activating group) is 2. The first-order valence-electron chi connectivity index (χ1n) is 2.75. The number of hydrogen-bond donors (Lipinski definition) is 1. The molecule has 1 N–H and O–H groups in total. The standard InChI is InChI=1S/C5H14N2O/c1-6-4-5-7(2,3)8/h6H,4-5H2,1-3H3. The molecule has 0 aliphatic heterocycles. The van der Waals surface area contributed by atoms with Gasteiger partial charge in [-0.15, -0.1) is 0 Å². The van der Waals surface area contributed by atoms with Crippen LogP contribution in [-0.2, 0) is 0 Å². The molecule has 0 atom stereocenters. The monoisotopic (exact) mass is 118 g/mol. The maximum atomic E-state index is 10.8. The summed E-state index contributed by atoms with van der Waals surface area (Å²) in [6, 6.07) is 0. The van der Waals surface area contributed by atoms with Gasteiger partial charge in [0.1, 0.15) is 0 Å². The van der Waals surface area contributed by atoms with Gasteiger partial charge in [0.2, 0.25) is 0 Å². The van der Waals surface area contributed by atoms with Crippen LogP contribution in [0.3, 0.4) is 0 Å². The molecule has 3 nitrogen and oxygen atoms in total. The molecule has 0 unspecified atom stereocenters. The van der Waals surface area contributed by atoms with Crippen molar-refractivity contribution in [2.75, 3.05) is 34.2 Å². The Kier molecular flexibility index (Phi) is 2.97. The van der Waals surface area contributed by atoms with Gasteiger partial charge in [-0.05, 0) is 7.05 Å². The molecule has 0 spiro atoms. The van der Waals surface area contributed by atoms with Crippen molar-refractivity contribution >= 4 is 0 Å². The topological polar surface area (TPSA) is 35.1 Å². The third kappa shape index (κ3) is 5.88. The lowest BCUT2D eigenvalue weighted by atomic mass is 10.6. The molecule has 0 fully saturated rings. The first-order chi connectivity index (χ1) is 3.56. The highest BCUT2D eigenvalue weighted by Crippen LogP contribution is 1.87. The van der Waals surface area contributed by atoms with Crippen molar-refractivity contribution in [3.8, 4) is 0 Å². The Bertz CT molecular complexity index is 57.9. The molecule has 0 aromatic carbocycles. The number of nitrogens with one attached hydrogen (secondary N) is 1. The summed E-state index contributed by atoms with van der Waals surface area (Å²) < 4.78 is -0.208. The first-order valence-corrected chi connectivity index (χ1v) is 2.75. The van der Waals surface area contributed by atoms with Crippen molar-refractivity contribution in [2.24, 2.45) is 0 Å². The molecule has 0 rings (SSSR count). The number of hydroxylamine groups is 3. The minimum atomic E-state index is -0.208. The largest absolute Gasteiger partial charge is 0.633 e. The highest BCUT2D eigenvalue weighted by atomic mass is 16.5. The Labute approximate surface area is 50.5 Å². The highest BCUT2D eigenvalue weighted by Gasteiger charge is 1.96. The zero-order valence-electron chi connectivity index (χ0n) is 5.77. The first kappa shape index (κ1) is 7.88. The lowest BCUT2D eigenvalue weighted by Crippen LogP contribution is -2.37. The molecule has 0 heterocycles. The van der Waals surface area contributed by atoms with Crippen LogP contribution in [0, 0.1) is 5.21 Å². The average Bonchev–Trinajstić information content (AvgIpc) is 1.59. The van der Waals surface area contributed by atoms with E-state index < -0.39 is 0 Å². The summed E-state index contributed by atoms with van der Waals surface area (Å²) in [5.41, 5.74) is 0. The van der Waals surface area contributed by atoms with Gasteiger partial charge in [-0.2, -0.15) is 0 Å². The van der Waals surface area contributed by atoms with E-state index in [0.29, 0.717) is 6.54 Å². The fourth-order valence-electron chi connectivity index (χ4n) is 0.381. The van der Waals surface area contributed by atoms with Crippen molar-refractivity contribution in [1.82, 2.24) is 5.32 Å². The summed E-state index contributed by atoms with van der Waals surface area (Å²) in [7, 11) is 5.12. The molecule has 0 saturated carbocycles. The van der Waals surface area contributed by atoms with Gasteiger partial charge >= 0.3 is 0 Å². The average molecular weight is 118 g/mol. The number of nitrogens with zero attached hydrogens (tertiary/aromatic N) is 1. The Morgan fingerprint density at radius 3 is 2.12 bits per heavy atom. The molecule has 8 heavy (non-hydrogen) atoms. The zero-order valence-corrected chi connectivity index (χ0v) is 5.77. The Morgan fingerprint density at radius 1 is 1.50 bits per heavy atom. The summed E-state index contributed by atoms with van der Waals surface area (Å²) in [6.45, 7) is 1.42. The van der Waals surface area contributed by atoms with E-state index in [9.17, 15) is 5.21 Å². The van der Waals surface area contributed by atoms with Gasteiger partial charge in [-0.25, -0.2) is 0 Å². The number of hydrogen-bond acceptors (Lipinski definition) is 2. The SMILES string of the molecule is CNCC[N+](C)(C)[O-]. The van der Waals surface area contributed by atoms with Crippen LogP contribution in [0.25, 0.3) is 0 Å². The Balaban J connectivity index is 3.11. The predicted octanol–water partition coefficient (Wildman–Crippen LogP) is -0.220. The lowest BCUT2D eigenvalue weighted by molar-refractivity contribution is -0.838. The van der Waals surface area contributed by atoms with E-state index in [4.69, 9.17) is 0 Å². The maximum absolute atomic E-state index is 10.8. The summed E-state index contributed by atoms with van der Waals surface area (Å²) in [5, 5.41) is 13.7. The Hall–Kier alpha value is -0.120. The van der Waals surface area contributed by atoms with Crippen LogP contribution in [0.15, 0.2) is 0 Å². The quantitative estimate of drug-likeness (QED) is 0.411. The van der Waals surface area contributed by atoms with Gasteiger partial charge in [-0.3, -0.25) is 0 Å². The van der Waals surface area contributed by atoms with Gasteiger partial charge < -0.3 is 15.2 Å². The molecule has 0 aliphatic carbocycles. The second-order valence-corrected chi connectivity index (χ2v) is 2.40. The molecule has 0 aliphatic rings. The zero-order chi connectivity index (χ0) is 6.62. The molecule has 0 aromatic rings. The molecule has 0 amide bonds. The normalized spacial score (nSPS) is 12.0. The van der Waals surface area contributed by atoms with E-state index in [-0.39, 0.29) is 4.65 Å². The van der Waals surface area contributed by atoms with Crippen LogP contribution in [0.4, 0.5) is 0 Å². The van der Waals surface area contributed by atoms with Crippen molar-refractivity contribution in [3.63, 3.8) is 0 Å². The van der Waals surface area contributed by atoms with E-state index in [1.54, 1.807) is 14.1 Å². The van der Waals surface area contributed by atoms with Crippen LogP contribution in [0.1, 0.15) is 0 Å².